The van der Waals surface area contributed by atoms with Crippen LogP contribution in [0.1, 0.15) is 42.4 Å². The zero-order chi connectivity index (χ0) is 20.6. The number of thiophene rings is 1. The van der Waals surface area contributed by atoms with Gasteiger partial charge in [-0.25, -0.2) is 0 Å². The molecule has 0 aliphatic carbocycles. The number of hydrogen-bond acceptors (Lipinski definition) is 6. The fourth-order valence-corrected chi connectivity index (χ4v) is 3.82. The Bertz CT molecular complexity index is 1100. The number of nitrogens with one attached hydrogen (secondary N) is 1. The molecule has 8 nitrogen and oxygen atoms in total. The zero-order valence-electron chi connectivity index (χ0n) is 15.8. The number of nitrogens with zero attached hydrogens (tertiary/aromatic N) is 3. The topological polar surface area (TPSA) is 107 Å². The summed E-state index contributed by atoms with van der Waals surface area (Å²) in [5.74, 6) is -0.945. The largest absolute Gasteiger partial charge is 0.320 e. The summed E-state index contributed by atoms with van der Waals surface area (Å²) in [7, 11) is 1.50. The quantitative estimate of drug-likeness (QED) is 0.400. The van der Waals surface area contributed by atoms with E-state index in [0.29, 0.717) is 16.1 Å². The smallest absolute Gasteiger partial charge is 0.311 e. The van der Waals surface area contributed by atoms with Crippen LogP contribution in [-0.4, -0.2) is 26.4 Å². The molecule has 0 fully saturated rings. The minimum Gasteiger partial charge on any atom is -0.311 e. The molecule has 0 aliphatic heterocycles. The molecule has 0 spiro atoms. The number of carbonyl (C=O) groups excluding carboxylic acids is 2. The number of rotatable bonds is 5. The van der Waals surface area contributed by atoms with Gasteiger partial charge in [0.2, 0.25) is 5.69 Å². The Balaban J connectivity index is 1.99. The van der Waals surface area contributed by atoms with Gasteiger partial charge in [-0.15, -0.1) is 11.3 Å². The van der Waals surface area contributed by atoms with Crippen molar-refractivity contribution < 1.29 is 14.5 Å². The van der Waals surface area contributed by atoms with Gasteiger partial charge in [-0.05, 0) is 26.3 Å². The fourth-order valence-electron chi connectivity index (χ4n) is 2.77. The summed E-state index contributed by atoms with van der Waals surface area (Å²) in [6, 6.07) is 7.16. The molecular formula is C19H18N4O4S. The highest BCUT2D eigenvalue weighted by Gasteiger charge is 2.28. The van der Waals surface area contributed by atoms with E-state index in [4.69, 9.17) is 0 Å². The van der Waals surface area contributed by atoms with Crippen molar-refractivity contribution in [1.82, 2.24) is 9.78 Å². The van der Waals surface area contributed by atoms with E-state index in [-0.39, 0.29) is 11.5 Å². The Hall–Kier alpha value is -3.33. The first-order chi connectivity index (χ1) is 13.2. The predicted octanol–water partition coefficient (Wildman–Crippen LogP) is 3.80. The molecule has 9 heteroatoms. The molecule has 0 saturated carbocycles. The molecule has 1 N–H and O–H groups in total. The maximum atomic E-state index is 13.0. The van der Waals surface area contributed by atoms with E-state index in [1.54, 1.807) is 12.1 Å². The van der Waals surface area contributed by atoms with E-state index in [9.17, 15) is 19.7 Å². The van der Waals surface area contributed by atoms with Crippen molar-refractivity contribution in [3.05, 3.63) is 73.4 Å². The Morgan fingerprint density at radius 2 is 1.82 bits per heavy atom. The lowest BCUT2D eigenvalue weighted by molar-refractivity contribution is -0.385. The van der Waals surface area contributed by atoms with Crippen LogP contribution in [0.2, 0.25) is 0 Å². The van der Waals surface area contributed by atoms with Crippen LogP contribution in [0.15, 0.2) is 30.5 Å². The van der Waals surface area contributed by atoms with Crippen LogP contribution < -0.4 is 5.32 Å². The van der Waals surface area contributed by atoms with Gasteiger partial charge in [-0.2, -0.15) is 5.10 Å². The summed E-state index contributed by atoms with van der Waals surface area (Å²) in [6.45, 7) is 5.59. The van der Waals surface area contributed by atoms with Gasteiger partial charge in [0.1, 0.15) is 11.2 Å². The number of nitro groups is 1. The van der Waals surface area contributed by atoms with E-state index in [2.05, 4.69) is 10.4 Å². The van der Waals surface area contributed by atoms with Crippen molar-refractivity contribution in [2.75, 3.05) is 5.32 Å². The number of anilines is 1. The van der Waals surface area contributed by atoms with Gasteiger partial charge in [0, 0.05) is 17.5 Å². The lowest BCUT2D eigenvalue weighted by Gasteiger charge is -2.07. The number of amides is 1. The number of aryl methyl sites for hydroxylation is 3. The van der Waals surface area contributed by atoms with Gasteiger partial charge in [-0.3, -0.25) is 24.4 Å². The van der Waals surface area contributed by atoms with Crippen LogP contribution in [0.25, 0.3) is 0 Å². The third-order valence-corrected chi connectivity index (χ3v) is 5.50. The van der Waals surface area contributed by atoms with Crippen molar-refractivity contribution in [2.24, 2.45) is 7.05 Å². The first-order valence-electron chi connectivity index (χ1n) is 8.39. The molecule has 3 rings (SSSR count). The Morgan fingerprint density at radius 1 is 1.18 bits per heavy atom. The second-order valence-corrected chi connectivity index (χ2v) is 7.66. The van der Waals surface area contributed by atoms with Gasteiger partial charge in [0.15, 0.2) is 5.78 Å². The molecule has 1 amide bonds. The Kier molecular flexibility index (Phi) is 5.10. The second kappa shape index (κ2) is 7.35. The molecule has 2 aromatic heterocycles. The summed E-state index contributed by atoms with van der Waals surface area (Å²) in [5.41, 5.74) is 2.00. The molecule has 0 atom stereocenters. The van der Waals surface area contributed by atoms with E-state index in [1.807, 2.05) is 32.9 Å². The van der Waals surface area contributed by atoms with E-state index in [0.717, 1.165) is 22.2 Å². The standard InChI is InChI=1S/C19H18N4O4S/c1-10-5-7-13(8-6-10)17(24)15-11(2)12(3)28-19(15)20-18(25)16-14(23(26)27)9-22(4)21-16/h5-9H,1-4H3,(H,20,25). The van der Waals surface area contributed by atoms with Crippen molar-refractivity contribution in [3.8, 4) is 0 Å². The van der Waals surface area contributed by atoms with Crippen molar-refractivity contribution >= 4 is 33.7 Å². The van der Waals surface area contributed by atoms with Crippen LogP contribution in [0.4, 0.5) is 10.7 Å². The average Bonchev–Trinajstić information content (AvgIpc) is 3.16. The normalized spacial score (nSPS) is 10.7. The highest BCUT2D eigenvalue weighted by molar-refractivity contribution is 7.17. The molecule has 28 heavy (non-hydrogen) atoms. The second-order valence-electron chi connectivity index (χ2n) is 6.43. The van der Waals surface area contributed by atoms with Crippen LogP contribution >= 0.6 is 11.3 Å². The molecule has 0 bridgehead atoms. The van der Waals surface area contributed by atoms with Crippen molar-refractivity contribution in [3.63, 3.8) is 0 Å². The minimum atomic E-state index is -0.730. The summed E-state index contributed by atoms with van der Waals surface area (Å²) >= 11 is 1.25. The number of aromatic nitrogens is 2. The van der Waals surface area contributed by atoms with Gasteiger partial charge in [-0.1, -0.05) is 29.8 Å². The maximum absolute atomic E-state index is 13.0. The molecule has 0 aliphatic rings. The third kappa shape index (κ3) is 3.56. The number of benzene rings is 1. The van der Waals surface area contributed by atoms with Gasteiger partial charge in [0.05, 0.1) is 10.5 Å². The van der Waals surface area contributed by atoms with Crippen LogP contribution in [0.5, 0.6) is 0 Å². The predicted molar refractivity (Wildman–Crippen MR) is 106 cm³/mol. The number of hydrogen-bond donors (Lipinski definition) is 1. The SMILES string of the molecule is Cc1ccc(C(=O)c2c(NC(=O)c3nn(C)cc3[N+](=O)[O-])sc(C)c2C)cc1. The molecule has 0 saturated heterocycles. The highest BCUT2D eigenvalue weighted by atomic mass is 32.1. The molecule has 144 valence electrons. The van der Waals surface area contributed by atoms with Gasteiger partial charge < -0.3 is 5.32 Å². The van der Waals surface area contributed by atoms with Crippen molar-refractivity contribution in [2.45, 2.75) is 20.8 Å². The number of carbonyl (C=O) groups is 2. The van der Waals surface area contributed by atoms with Crippen LogP contribution in [-0.2, 0) is 7.05 Å². The molecular weight excluding hydrogens is 380 g/mol. The fraction of sp³-hybridized carbons (Fsp3) is 0.211. The van der Waals surface area contributed by atoms with Crippen molar-refractivity contribution in [1.29, 1.82) is 0 Å². The summed E-state index contributed by atoms with van der Waals surface area (Å²) in [4.78, 5) is 37.0. The Labute approximate surface area is 165 Å². The molecule has 0 radical (unpaired) electrons. The molecule has 2 heterocycles. The highest BCUT2D eigenvalue weighted by Crippen LogP contribution is 2.35. The monoisotopic (exact) mass is 398 g/mol. The van der Waals surface area contributed by atoms with Crippen LogP contribution in [0, 0.1) is 30.9 Å². The Morgan fingerprint density at radius 3 is 2.43 bits per heavy atom. The third-order valence-electron chi connectivity index (χ3n) is 4.37. The lowest BCUT2D eigenvalue weighted by atomic mass is 10.00. The zero-order valence-corrected chi connectivity index (χ0v) is 16.6. The summed E-state index contributed by atoms with van der Waals surface area (Å²) < 4.78 is 1.20. The van der Waals surface area contributed by atoms with Gasteiger partial charge in [0.25, 0.3) is 5.91 Å². The molecule has 0 unspecified atom stereocenters. The minimum absolute atomic E-state index is 0.215. The average molecular weight is 398 g/mol. The van der Waals surface area contributed by atoms with Gasteiger partial charge >= 0.3 is 5.69 Å². The van der Waals surface area contributed by atoms with E-state index in [1.165, 1.54) is 23.1 Å². The van der Waals surface area contributed by atoms with Crippen LogP contribution in [0.3, 0.4) is 0 Å². The molecule has 1 aromatic carbocycles. The maximum Gasteiger partial charge on any atom is 0.320 e. The van der Waals surface area contributed by atoms with E-state index >= 15 is 0 Å². The first-order valence-corrected chi connectivity index (χ1v) is 9.21. The van der Waals surface area contributed by atoms with E-state index < -0.39 is 16.5 Å². The lowest BCUT2D eigenvalue weighted by Crippen LogP contribution is -2.16. The first kappa shape index (κ1) is 19.4. The molecule has 3 aromatic rings. The summed E-state index contributed by atoms with van der Waals surface area (Å²) in [6.07, 6.45) is 1.16. The number of ketones is 1. The summed E-state index contributed by atoms with van der Waals surface area (Å²) in [5, 5.41) is 18.0.